The van der Waals surface area contributed by atoms with Crippen molar-refractivity contribution in [2.24, 2.45) is 5.73 Å². The minimum atomic E-state index is -0.0528. The Labute approximate surface area is 58.9 Å². The number of pyridine rings is 1. The first-order valence-corrected chi connectivity index (χ1v) is 3.13. The van der Waals surface area contributed by atoms with Crippen molar-refractivity contribution in [3.63, 3.8) is 0 Å². The molecule has 0 aliphatic rings. The van der Waals surface area contributed by atoms with Gasteiger partial charge >= 0.3 is 0 Å². The Bertz CT molecular complexity index is 277. The molecule has 0 spiro atoms. The lowest BCUT2D eigenvalue weighted by molar-refractivity contribution is 0.964. The van der Waals surface area contributed by atoms with E-state index < -0.39 is 0 Å². The molecule has 1 rings (SSSR count). The molecule has 0 aromatic carbocycles. The van der Waals surface area contributed by atoms with Gasteiger partial charge in [0.2, 0.25) is 0 Å². The van der Waals surface area contributed by atoms with E-state index >= 15 is 0 Å². The number of aromatic amines is 1. The molecule has 3 N–H and O–H groups in total. The van der Waals surface area contributed by atoms with E-state index in [1.54, 1.807) is 13.0 Å². The standard InChI is InChI=1S/C7H10N2O/c1-5-2-3-6(4-8)9-7(5)10/h2-3H,4,8H2,1H3,(H,9,10). The third-order valence-electron chi connectivity index (χ3n) is 1.39. The first-order chi connectivity index (χ1) is 4.74. The molecule has 0 aliphatic heterocycles. The molecule has 0 saturated carbocycles. The number of hydrogen-bond donors (Lipinski definition) is 2. The largest absolute Gasteiger partial charge is 0.325 e. The third kappa shape index (κ3) is 1.25. The minimum Gasteiger partial charge on any atom is -0.325 e. The first kappa shape index (κ1) is 7.02. The van der Waals surface area contributed by atoms with E-state index in [2.05, 4.69) is 4.98 Å². The van der Waals surface area contributed by atoms with E-state index in [0.717, 1.165) is 11.3 Å². The van der Waals surface area contributed by atoms with Gasteiger partial charge < -0.3 is 10.7 Å². The number of aryl methyl sites for hydroxylation is 1. The topological polar surface area (TPSA) is 58.9 Å². The monoisotopic (exact) mass is 138 g/mol. The maximum absolute atomic E-state index is 10.9. The summed E-state index contributed by atoms with van der Waals surface area (Å²) in [5, 5.41) is 0. The van der Waals surface area contributed by atoms with Gasteiger partial charge in [-0.3, -0.25) is 4.79 Å². The van der Waals surface area contributed by atoms with Gasteiger partial charge in [-0.1, -0.05) is 6.07 Å². The molecular weight excluding hydrogens is 128 g/mol. The fourth-order valence-corrected chi connectivity index (χ4v) is 0.706. The highest BCUT2D eigenvalue weighted by molar-refractivity contribution is 5.12. The van der Waals surface area contributed by atoms with Crippen LogP contribution >= 0.6 is 0 Å². The molecule has 0 atom stereocenters. The molecule has 3 nitrogen and oxygen atoms in total. The van der Waals surface area contributed by atoms with Crippen LogP contribution in [0.5, 0.6) is 0 Å². The summed E-state index contributed by atoms with van der Waals surface area (Å²) in [4.78, 5) is 13.5. The maximum atomic E-state index is 10.9. The van der Waals surface area contributed by atoms with E-state index in [-0.39, 0.29) is 5.56 Å². The van der Waals surface area contributed by atoms with Crippen molar-refractivity contribution in [1.82, 2.24) is 4.98 Å². The van der Waals surface area contributed by atoms with Gasteiger partial charge in [-0.2, -0.15) is 0 Å². The Morgan fingerprint density at radius 2 is 2.30 bits per heavy atom. The van der Waals surface area contributed by atoms with E-state index in [1.807, 2.05) is 6.07 Å². The molecule has 0 unspecified atom stereocenters. The number of hydrogen-bond acceptors (Lipinski definition) is 2. The molecule has 0 fully saturated rings. The molecule has 3 heteroatoms. The fraction of sp³-hybridized carbons (Fsp3) is 0.286. The third-order valence-corrected chi connectivity index (χ3v) is 1.39. The van der Waals surface area contributed by atoms with Crippen LogP contribution in [0.3, 0.4) is 0 Å². The van der Waals surface area contributed by atoms with Gasteiger partial charge in [0.25, 0.3) is 5.56 Å². The van der Waals surface area contributed by atoms with Crippen LogP contribution in [0.4, 0.5) is 0 Å². The number of nitrogens with two attached hydrogens (primary N) is 1. The van der Waals surface area contributed by atoms with Crippen LogP contribution in [0.2, 0.25) is 0 Å². The Hall–Kier alpha value is -1.09. The maximum Gasteiger partial charge on any atom is 0.251 e. The van der Waals surface area contributed by atoms with Crippen LogP contribution in [-0.4, -0.2) is 4.98 Å². The predicted octanol–water partition coefficient (Wildman–Crippen LogP) is 0.142. The zero-order chi connectivity index (χ0) is 7.56. The highest BCUT2D eigenvalue weighted by Crippen LogP contribution is 1.90. The Morgan fingerprint density at radius 3 is 2.80 bits per heavy atom. The molecular formula is C7H10N2O. The first-order valence-electron chi connectivity index (χ1n) is 3.13. The SMILES string of the molecule is Cc1ccc(CN)[nH]c1=O. The molecule has 0 saturated heterocycles. The van der Waals surface area contributed by atoms with Crippen molar-refractivity contribution >= 4 is 0 Å². The summed E-state index contributed by atoms with van der Waals surface area (Å²) in [5.41, 5.74) is 6.74. The van der Waals surface area contributed by atoms with Crippen LogP contribution in [0.15, 0.2) is 16.9 Å². The van der Waals surface area contributed by atoms with E-state index in [0.29, 0.717) is 6.54 Å². The summed E-state index contributed by atoms with van der Waals surface area (Å²) in [5.74, 6) is 0. The summed E-state index contributed by atoms with van der Waals surface area (Å²) < 4.78 is 0. The average Bonchev–Trinajstić information content (AvgIpc) is 1.95. The van der Waals surface area contributed by atoms with Crippen molar-refractivity contribution < 1.29 is 0 Å². The number of nitrogens with one attached hydrogen (secondary N) is 1. The normalized spacial score (nSPS) is 9.80. The highest BCUT2D eigenvalue weighted by Gasteiger charge is 1.92. The lowest BCUT2D eigenvalue weighted by Crippen LogP contribution is -2.13. The van der Waals surface area contributed by atoms with Gasteiger partial charge in [0.05, 0.1) is 0 Å². The second-order valence-corrected chi connectivity index (χ2v) is 2.20. The van der Waals surface area contributed by atoms with Crippen LogP contribution < -0.4 is 11.3 Å². The molecule has 1 aromatic heterocycles. The zero-order valence-corrected chi connectivity index (χ0v) is 5.85. The van der Waals surface area contributed by atoms with E-state index in [9.17, 15) is 4.79 Å². The van der Waals surface area contributed by atoms with Crippen molar-refractivity contribution in [3.8, 4) is 0 Å². The zero-order valence-electron chi connectivity index (χ0n) is 5.85. The van der Waals surface area contributed by atoms with Gasteiger partial charge in [0, 0.05) is 17.8 Å². The van der Waals surface area contributed by atoms with E-state index in [1.165, 1.54) is 0 Å². The van der Waals surface area contributed by atoms with Crippen LogP contribution in [-0.2, 0) is 6.54 Å². The predicted molar refractivity (Wildman–Crippen MR) is 39.7 cm³/mol. The Balaban J connectivity index is 3.17. The van der Waals surface area contributed by atoms with Crippen molar-refractivity contribution in [2.45, 2.75) is 13.5 Å². The van der Waals surface area contributed by atoms with Crippen molar-refractivity contribution in [3.05, 3.63) is 33.7 Å². The molecule has 0 aliphatic carbocycles. The van der Waals surface area contributed by atoms with Gasteiger partial charge in [0.1, 0.15) is 0 Å². The summed E-state index contributed by atoms with van der Waals surface area (Å²) >= 11 is 0. The molecule has 54 valence electrons. The van der Waals surface area contributed by atoms with Gasteiger partial charge in [-0.25, -0.2) is 0 Å². The summed E-state index contributed by atoms with van der Waals surface area (Å²) in [6, 6.07) is 3.58. The van der Waals surface area contributed by atoms with E-state index in [4.69, 9.17) is 5.73 Å². The van der Waals surface area contributed by atoms with Crippen molar-refractivity contribution in [1.29, 1.82) is 0 Å². The lowest BCUT2D eigenvalue weighted by Gasteiger charge is -1.95. The Morgan fingerprint density at radius 1 is 1.60 bits per heavy atom. The van der Waals surface area contributed by atoms with Crippen LogP contribution in [0.1, 0.15) is 11.3 Å². The molecule has 1 aromatic rings. The van der Waals surface area contributed by atoms with Gasteiger partial charge in [-0.05, 0) is 13.0 Å². The number of H-pyrrole nitrogens is 1. The quantitative estimate of drug-likeness (QED) is 0.580. The van der Waals surface area contributed by atoms with Crippen LogP contribution in [0.25, 0.3) is 0 Å². The van der Waals surface area contributed by atoms with Gasteiger partial charge in [0.15, 0.2) is 0 Å². The van der Waals surface area contributed by atoms with Crippen molar-refractivity contribution in [2.75, 3.05) is 0 Å². The number of rotatable bonds is 1. The lowest BCUT2D eigenvalue weighted by atomic mass is 10.3. The molecule has 0 radical (unpaired) electrons. The van der Waals surface area contributed by atoms with Crippen LogP contribution in [0, 0.1) is 6.92 Å². The highest BCUT2D eigenvalue weighted by atomic mass is 16.1. The molecule has 0 bridgehead atoms. The Kier molecular flexibility index (Phi) is 1.87. The average molecular weight is 138 g/mol. The summed E-state index contributed by atoms with van der Waals surface area (Å²) in [7, 11) is 0. The fourth-order valence-electron chi connectivity index (χ4n) is 0.706. The summed E-state index contributed by atoms with van der Waals surface area (Å²) in [6.07, 6.45) is 0. The molecule has 1 heterocycles. The second-order valence-electron chi connectivity index (χ2n) is 2.20. The second kappa shape index (κ2) is 2.66. The smallest absolute Gasteiger partial charge is 0.251 e. The number of aromatic nitrogens is 1. The minimum absolute atomic E-state index is 0.0528. The summed E-state index contributed by atoms with van der Waals surface area (Å²) in [6.45, 7) is 2.15. The van der Waals surface area contributed by atoms with Gasteiger partial charge in [-0.15, -0.1) is 0 Å². The molecule has 0 amide bonds. The molecule has 10 heavy (non-hydrogen) atoms.